The first-order valence-corrected chi connectivity index (χ1v) is 20.6. The van der Waals surface area contributed by atoms with Gasteiger partial charge in [0, 0.05) is 49.8 Å². The lowest BCUT2D eigenvalue weighted by atomic mass is 9.86. The Labute approximate surface area is 341 Å². The van der Waals surface area contributed by atoms with Gasteiger partial charge in [0.25, 0.3) is 18.2 Å². The first-order valence-electron chi connectivity index (χ1n) is 20.0. The fourth-order valence-electron chi connectivity index (χ4n) is 7.67. The number of aromatic nitrogens is 4. The number of rotatable bonds is 18. The number of oxazole rings is 1. The number of carbonyl (C=O) groups is 3. The largest absolute Gasteiger partial charge is 0.484 e. The van der Waals surface area contributed by atoms with Crippen molar-refractivity contribution < 1.29 is 32.3 Å². The molecule has 2 saturated carbocycles. The second kappa shape index (κ2) is 19.1. The summed E-state index contributed by atoms with van der Waals surface area (Å²) in [6, 6.07) is 8.96. The van der Waals surface area contributed by atoms with Gasteiger partial charge in [-0.25, -0.2) is 18.7 Å². The third kappa shape index (κ3) is 10.7. The summed E-state index contributed by atoms with van der Waals surface area (Å²) in [5, 5.41) is 13.0. The van der Waals surface area contributed by atoms with Crippen LogP contribution in [0.2, 0.25) is 0 Å². The van der Waals surface area contributed by atoms with Crippen LogP contribution in [-0.2, 0) is 16.0 Å². The third-order valence-corrected chi connectivity index (χ3v) is 11.2. The molecule has 3 aromatic heterocycles. The maximum atomic E-state index is 14.1. The van der Waals surface area contributed by atoms with Crippen LogP contribution in [0, 0.1) is 11.8 Å². The van der Waals surface area contributed by atoms with E-state index in [2.05, 4.69) is 43.0 Å². The predicted octanol–water partition coefficient (Wildman–Crippen LogP) is 6.71. The number of nitrogens with zero attached hydrogens (tertiary/aromatic N) is 6. The van der Waals surface area contributed by atoms with Crippen molar-refractivity contribution in [2.24, 2.45) is 11.8 Å². The van der Waals surface area contributed by atoms with Gasteiger partial charge in [0.2, 0.25) is 11.8 Å². The summed E-state index contributed by atoms with van der Waals surface area (Å²) in [6.45, 7) is 3.60. The summed E-state index contributed by atoms with van der Waals surface area (Å²) in [4.78, 5) is 50.3. The Morgan fingerprint density at radius 3 is 2.67 bits per heavy atom. The van der Waals surface area contributed by atoms with Crippen molar-refractivity contribution in [3.8, 4) is 17.2 Å². The van der Waals surface area contributed by atoms with Gasteiger partial charge >= 0.3 is 0 Å². The van der Waals surface area contributed by atoms with Crippen molar-refractivity contribution in [1.29, 1.82) is 0 Å². The number of amides is 3. The van der Waals surface area contributed by atoms with Crippen LogP contribution in [0.4, 0.5) is 26.0 Å². The topological polar surface area (TPSA) is 160 Å². The number of hydrogen-bond donors (Lipinski definition) is 3. The van der Waals surface area contributed by atoms with Gasteiger partial charge in [-0.3, -0.25) is 19.1 Å². The zero-order valence-electron chi connectivity index (χ0n) is 32.6. The molecule has 3 amide bonds. The van der Waals surface area contributed by atoms with Gasteiger partial charge in [-0.2, -0.15) is 5.10 Å². The maximum absolute atomic E-state index is 14.1. The molecule has 0 bridgehead atoms. The fraction of sp³-hybridized carbons (Fsp3) is 0.512. The molecule has 1 aromatic carbocycles. The van der Waals surface area contributed by atoms with Crippen molar-refractivity contribution in [1.82, 2.24) is 30.0 Å². The predicted molar refractivity (Wildman–Crippen MR) is 216 cm³/mol. The first kappa shape index (κ1) is 41.1. The molecule has 3 aliphatic rings. The minimum atomic E-state index is -2.87. The zero-order chi connectivity index (χ0) is 40.6. The number of hydrogen-bond acceptors (Lipinski definition) is 10. The smallest absolute Gasteiger partial charge is 0.284 e. The maximum Gasteiger partial charge on any atom is 0.284 e. The van der Waals surface area contributed by atoms with Crippen molar-refractivity contribution in [3.63, 3.8) is 0 Å². The Kier molecular flexibility index (Phi) is 13.5. The average Bonchev–Trinajstić information content (AvgIpc) is 3.75. The quantitative estimate of drug-likeness (QED) is 0.0728. The number of benzene rings is 1. The monoisotopic (exact) mass is 821 g/mol. The van der Waals surface area contributed by atoms with E-state index in [1.54, 1.807) is 34.0 Å². The number of halogens is 3. The van der Waals surface area contributed by atoms with Crippen molar-refractivity contribution in [2.75, 3.05) is 67.8 Å². The van der Waals surface area contributed by atoms with Gasteiger partial charge in [-0.05, 0) is 119 Å². The summed E-state index contributed by atoms with van der Waals surface area (Å²) in [7, 11) is 2.06. The van der Waals surface area contributed by atoms with E-state index in [0.717, 1.165) is 75.8 Å². The van der Waals surface area contributed by atoms with E-state index in [4.69, 9.17) is 20.8 Å². The number of pyridine rings is 1. The number of alkyl halides is 3. The van der Waals surface area contributed by atoms with E-state index in [1.165, 1.54) is 25.3 Å². The number of fused-ring (bicyclic) bond motifs is 1. The second-order valence-electron chi connectivity index (χ2n) is 15.5. The number of ether oxygens (including phenoxy) is 1. The molecule has 2 fully saturated rings. The number of aryl methyl sites for hydroxylation is 1. The Hall–Kier alpha value is -5.09. The molecule has 58 heavy (non-hydrogen) atoms. The standard InChI is InChI=1S/C41H50ClF2N9O5/c1-51(16-3-14-46-36(54)25-57-31-11-12-34-28(18-31)4-2-17-52(34)37(55)20-42)22-27-7-9-30(10-8-27)53-23-32(38(50-53)39(43)44)48-40(56)33-24-58-41(49-33)29-13-15-45-35(19-29)47-21-26-5-6-26/h11-13,15,18-19,23-24,26-27,30,39H,2-10,14,16-17,20-22,25H2,1H3,(H,45,47)(H,46,54)(H,48,56)/t27-,30-. The van der Waals surface area contributed by atoms with Gasteiger partial charge in [0.05, 0.1) is 11.7 Å². The minimum Gasteiger partial charge on any atom is -0.484 e. The summed E-state index contributed by atoms with van der Waals surface area (Å²) in [5.74, 6) is 1.55. The summed E-state index contributed by atoms with van der Waals surface area (Å²) in [6.07, 6.45) is 9.70. The normalized spacial score (nSPS) is 17.9. The molecule has 4 aromatic rings. The molecule has 2 aliphatic carbocycles. The van der Waals surface area contributed by atoms with Crippen molar-refractivity contribution in [2.45, 2.75) is 70.3 Å². The molecule has 310 valence electrons. The van der Waals surface area contributed by atoms with Gasteiger partial charge in [-0.15, -0.1) is 11.6 Å². The Morgan fingerprint density at radius 2 is 1.90 bits per heavy atom. The van der Waals surface area contributed by atoms with Crippen LogP contribution < -0.4 is 25.6 Å². The van der Waals surface area contributed by atoms with Gasteiger partial charge in [-0.1, -0.05) is 0 Å². The van der Waals surface area contributed by atoms with E-state index in [9.17, 15) is 23.2 Å². The molecule has 0 radical (unpaired) electrons. The van der Waals surface area contributed by atoms with Gasteiger partial charge in [0.1, 0.15) is 23.7 Å². The van der Waals surface area contributed by atoms with Crippen LogP contribution in [0.5, 0.6) is 5.75 Å². The van der Waals surface area contributed by atoms with Crippen LogP contribution in [0.15, 0.2) is 53.4 Å². The fourth-order valence-corrected chi connectivity index (χ4v) is 7.82. The average molecular weight is 822 g/mol. The minimum absolute atomic E-state index is 0.0359. The molecular formula is C41H50ClF2N9O5. The van der Waals surface area contributed by atoms with Gasteiger partial charge < -0.3 is 34.9 Å². The summed E-state index contributed by atoms with van der Waals surface area (Å²) in [5.41, 5.74) is 1.92. The highest BCUT2D eigenvalue weighted by Crippen LogP contribution is 2.36. The highest BCUT2D eigenvalue weighted by molar-refractivity contribution is 6.29. The summed E-state index contributed by atoms with van der Waals surface area (Å²) < 4.78 is 41.1. The number of anilines is 3. The molecule has 17 heteroatoms. The molecule has 0 saturated heterocycles. The lowest BCUT2D eigenvalue weighted by Gasteiger charge is -2.31. The molecule has 4 heterocycles. The summed E-state index contributed by atoms with van der Waals surface area (Å²) >= 11 is 5.77. The van der Waals surface area contributed by atoms with Crippen molar-refractivity contribution >= 4 is 46.5 Å². The molecule has 0 atom stereocenters. The SMILES string of the molecule is CN(CCCNC(=O)COc1ccc2c(c1)CCCN2C(=O)CCl)C[C@H]1CC[C@H](n2cc(NC(=O)c3coc(-c4ccnc(NCC5CC5)c4)n3)c(C(F)F)n2)CC1. The van der Waals surface area contributed by atoms with Crippen LogP contribution in [-0.4, -0.2) is 94.6 Å². The van der Waals surface area contributed by atoms with Gasteiger partial charge in [0.15, 0.2) is 18.0 Å². The van der Waals surface area contributed by atoms with E-state index in [1.807, 2.05) is 12.1 Å². The first-order chi connectivity index (χ1) is 28.1. The molecule has 7 rings (SSSR count). The molecule has 14 nitrogen and oxygen atoms in total. The second-order valence-corrected chi connectivity index (χ2v) is 15.7. The van der Waals surface area contributed by atoms with Crippen LogP contribution in [0.25, 0.3) is 11.5 Å². The number of nitrogens with one attached hydrogen (secondary N) is 3. The lowest BCUT2D eigenvalue weighted by Crippen LogP contribution is -2.36. The van der Waals surface area contributed by atoms with E-state index >= 15 is 0 Å². The Balaban J connectivity index is 0.815. The molecule has 1 aliphatic heterocycles. The zero-order valence-corrected chi connectivity index (χ0v) is 33.4. The molecular weight excluding hydrogens is 772 g/mol. The Morgan fingerprint density at radius 1 is 1.09 bits per heavy atom. The van der Waals surface area contributed by atoms with E-state index < -0.39 is 18.0 Å². The van der Waals surface area contributed by atoms with Crippen LogP contribution in [0.3, 0.4) is 0 Å². The highest BCUT2D eigenvalue weighted by Gasteiger charge is 2.28. The Bertz CT molecular complexity index is 2050. The highest BCUT2D eigenvalue weighted by atomic mass is 35.5. The molecule has 3 N–H and O–H groups in total. The van der Waals surface area contributed by atoms with E-state index in [0.29, 0.717) is 42.1 Å². The van der Waals surface area contributed by atoms with Crippen LogP contribution >= 0.6 is 11.6 Å². The molecule has 0 unspecified atom stereocenters. The van der Waals surface area contributed by atoms with E-state index in [-0.39, 0.29) is 47.6 Å². The molecule has 0 spiro atoms. The lowest BCUT2D eigenvalue weighted by molar-refractivity contribution is -0.123. The third-order valence-electron chi connectivity index (χ3n) is 11.0. The van der Waals surface area contributed by atoms with Crippen LogP contribution in [0.1, 0.15) is 85.6 Å². The van der Waals surface area contributed by atoms with Crippen molar-refractivity contribution in [3.05, 3.63) is 65.9 Å². The number of carbonyl (C=O) groups excluding carboxylic acids is 3.